The fraction of sp³-hybridized carbons (Fsp3) is 0.0800. The smallest absolute Gasteiger partial charge is 0.293 e. The van der Waals surface area contributed by atoms with Crippen molar-refractivity contribution in [3.8, 4) is 5.75 Å². The van der Waals surface area contributed by atoms with Crippen molar-refractivity contribution in [2.75, 3.05) is 11.9 Å². The van der Waals surface area contributed by atoms with Crippen molar-refractivity contribution in [2.45, 2.75) is 6.54 Å². The summed E-state index contributed by atoms with van der Waals surface area (Å²) in [6.45, 7) is -0.201. The molecule has 1 fully saturated rings. The highest BCUT2D eigenvalue weighted by Gasteiger charge is 2.35. The minimum Gasteiger partial charge on any atom is -0.483 e. The number of nitrogens with zero attached hydrogens (tertiary/aromatic N) is 1. The first-order valence-corrected chi connectivity index (χ1v) is 12.2. The number of imide groups is 1. The summed E-state index contributed by atoms with van der Waals surface area (Å²) in [6, 6.07) is 18.7. The molecule has 0 radical (unpaired) electrons. The van der Waals surface area contributed by atoms with E-state index in [1.165, 1.54) is 6.08 Å². The van der Waals surface area contributed by atoms with E-state index in [1.807, 2.05) is 18.2 Å². The molecule has 3 aromatic rings. The third-order valence-corrected chi connectivity index (χ3v) is 6.75. The zero-order chi connectivity index (χ0) is 24.9. The third-order valence-electron chi connectivity index (χ3n) is 4.87. The van der Waals surface area contributed by atoms with E-state index in [9.17, 15) is 14.4 Å². The molecule has 0 aromatic heterocycles. The van der Waals surface area contributed by atoms with Gasteiger partial charge in [0.15, 0.2) is 6.61 Å². The Labute approximate surface area is 220 Å². The molecule has 1 heterocycles. The Morgan fingerprint density at radius 1 is 0.971 bits per heavy atom. The molecule has 1 aliphatic rings. The van der Waals surface area contributed by atoms with Gasteiger partial charge in [0.05, 0.1) is 21.5 Å². The second-order valence-electron chi connectivity index (χ2n) is 7.40. The summed E-state index contributed by atoms with van der Waals surface area (Å²) in [5, 5.41) is 3.45. The lowest BCUT2D eigenvalue weighted by molar-refractivity contribution is -0.123. The lowest BCUT2D eigenvalue weighted by Gasteiger charge is -2.13. The van der Waals surface area contributed by atoms with Gasteiger partial charge in [-0.2, -0.15) is 0 Å². The van der Waals surface area contributed by atoms with Crippen LogP contribution in [-0.4, -0.2) is 28.6 Å². The van der Waals surface area contributed by atoms with Crippen LogP contribution in [0.25, 0.3) is 6.08 Å². The average molecular weight is 548 g/mol. The van der Waals surface area contributed by atoms with Gasteiger partial charge in [0.25, 0.3) is 17.1 Å². The molecule has 178 valence electrons. The summed E-state index contributed by atoms with van der Waals surface area (Å²) < 4.78 is 5.68. The number of anilines is 1. The first kappa shape index (κ1) is 25.1. The first-order chi connectivity index (χ1) is 16.8. The van der Waals surface area contributed by atoms with Gasteiger partial charge in [0.2, 0.25) is 0 Å². The summed E-state index contributed by atoms with van der Waals surface area (Å²) in [6.07, 6.45) is 1.52. The predicted octanol–water partition coefficient (Wildman–Crippen LogP) is 6.90. The number of para-hydroxylation sites is 1. The van der Waals surface area contributed by atoms with Crippen LogP contribution in [0.4, 0.5) is 10.5 Å². The van der Waals surface area contributed by atoms with Gasteiger partial charge in [-0.25, -0.2) is 0 Å². The van der Waals surface area contributed by atoms with E-state index in [-0.39, 0.29) is 24.0 Å². The molecule has 1 aliphatic heterocycles. The van der Waals surface area contributed by atoms with Crippen LogP contribution >= 0.6 is 46.6 Å². The summed E-state index contributed by atoms with van der Waals surface area (Å²) >= 11 is 18.9. The molecule has 0 aliphatic carbocycles. The Balaban J connectivity index is 1.49. The molecule has 0 spiro atoms. The van der Waals surface area contributed by atoms with Crippen LogP contribution in [0.1, 0.15) is 11.1 Å². The van der Waals surface area contributed by atoms with Crippen molar-refractivity contribution >= 4 is 75.4 Å². The minimum absolute atomic E-state index is 0.0530. The fourth-order valence-corrected chi connectivity index (χ4v) is 4.55. The van der Waals surface area contributed by atoms with Crippen LogP contribution in [0.5, 0.6) is 5.75 Å². The summed E-state index contributed by atoms with van der Waals surface area (Å²) in [4.78, 5) is 39.1. The Hall–Kier alpha value is -2.97. The molecule has 3 aromatic carbocycles. The molecule has 10 heteroatoms. The number of benzene rings is 3. The number of hydrogen-bond donors (Lipinski definition) is 1. The van der Waals surface area contributed by atoms with Gasteiger partial charge in [0.1, 0.15) is 5.75 Å². The topological polar surface area (TPSA) is 75.7 Å². The number of amides is 3. The second kappa shape index (κ2) is 11.2. The van der Waals surface area contributed by atoms with Crippen molar-refractivity contribution in [1.29, 1.82) is 0 Å². The van der Waals surface area contributed by atoms with Crippen LogP contribution in [0.15, 0.2) is 71.6 Å². The fourth-order valence-electron chi connectivity index (χ4n) is 3.22. The van der Waals surface area contributed by atoms with E-state index in [2.05, 4.69) is 5.32 Å². The molecule has 6 nitrogen and oxygen atoms in total. The molecule has 0 unspecified atom stereocenters. The van der Waals surface area contributed by atoms with Crippen LogP contribution in [0.3, 0.4) is 0 Å². The Bertz CT molecular complexity index is 1330. The molecule has 35 heavy (non-hydrogen) atoms. The lowest BCUT2D eigenvalue weighted by atomic mass is 10.1. The van der Waals surface area contributed by atoms with E-state index >= 15 is 0 Å². The molecule has 0 atom stereocenters. The summed E-state index contributed by atoms with van der Waals surface area (Å²) in [7, 11) is 0. The Morgan fingerprint density at radius 3 is 2.49 bits per heavy atom. The predicted molar refractivity (Wildman–Crippen MR) is 140 cm³/mol. The van der Waals surface area contributed by atoms with Gasteiger partial charge in [-0.05, 0) is 65.9 Å². The number of carbonyl (C=O) groups is 3. The van der Waals surface area contributed by atoms with E-state index < -0.39 is 11.1 Å². The van der Waals surface area contributed by atoms with E-state index in [0.717, 1.165) is 16.7 Å². The monoisotopic (exact) mass is 546 g/mol. The zero-order valence-electron chi connectivity index (χ0n) is 18.0. The quantitative estimate of drug-likeness (QED) is 0.326. The van der Waals surface area contributed by atoms with E-state index in [4.69, 9.17) is 39.5 Å². The van der Waals surface area contributed by atoms with Crippen LogP contribution in [0.2, 0.25) is 15.1 Å². The van der Waals surface area contributed by atoms with E-state index in [0.29, 0.717) is 37.6 Å². The minimum atomic E-state index is -0.459. The maximum absolute atomic E-state index is 13.0. The van der Waals surface area contributed by atoms with Gasteiger partial charge >= 0.3 is 0 Å². The second-order valence-corrected chi connectivity index (χ2v) is 9.65. The number of thioether (sulfide) groups is 1. The lowest BCUT2D eigenvalue weighted by Crippen LogP contribution is -2.27. The number of halogens is 3. The van der Waals surface area contributed by atoms with Crippen LogP contribution in [0, 0.1) is 0 Å². The Morgan fingerprint density at radius 2 is 1.74 bits per heavy atom. The van der Waals surface area contributed by atoms with Crippen molar-refractivity contribution in [2.24, 2.45) is 0 Å². The average Bonchev–Trinajstić information content (AvgIpc) is 3.09. The molecule has 0 bridgehead atoms. The largest absolute Gasteiger partial charge is 0.483 e. The highest BCUT2D eigenvalue weighted by atomic mass is 35.5. The standard InChI is InChI=1S/C25H17Cl3N2O4S/c26-17-7-9-21(34-14-23(31)29-18-4-2-1-3-5-18)16(11-17)12-22-24(32)30(25(33)35-22)13-15-6-8-19(27)20(28)10-15/h1-12H,13-14H2,(H,29,31)/b22-12-. The zero-order valence-corrected chi connectivity index (χ0v) is 21.0. The number of nitrogens with one attached hydrogen (secondary N) is 1. The van der Waals surface area contributed by atoms with Crippen molar-refractivity contribution < 1.29 is 19.1 Å². The van der Waals surface area contributed by atoms with E-state index in [1.54, 1.807) is 48.5 Å². The summed E-state index contributed by atoms with van der Waals surface area (Å²) in [5.41, 5.74) is 1.78. The molecular weight excluding hydrogens is 531 g/mol. The molecular formula is C25H17Cl3N2O4S. The maximum atomic E-state index is 13.0. The highest BCUT2D eigenvalue weighted by molar-refractivity contribution is 8.18. The van der Waals surface area contributed by atoms with Gasteiger partial charge in [-0.15, -0.1) is 0 Å². The summed E-state index contributed by atoms with van der Waals surface area (Å²) in [5.74, 6) is -0.466. The van der Waals surface area contributed by atoms with Gasteiger partial charge in [-0.1, -0.05) is 59.1 Å². The number of rotatable bonds is 7. The molecule has 0 saturated carbocycles. The van der Waals surface area contributed by atoms with Crippen LogP contribution < -0.4 is 10.1 Å². The highest BCUT2D eigenvalue weighted by Crippen LogP contribution is 2.36. The van der Waals surface area contributed by atoms with Crippen LogP contribution in [-0.2, 0) is 16.1 Å². The number of ether oxygens (including phenoxy) is 1. The molecule has 3 amide bonds. The normalized spacial score (nSPS) is 14.5. The third kappa shape index (κ3) is 6.38. The van der Waals surface area contributed by atoms with Crippen molar-refractivity contribution in [3.63, 3.8) is 0 Å². The van der Waals surface area contributed by atoms with Gasteiger partial charge < -0.3 is 10.1 Å². The number of hydrogen-bond acceptors (Lipinski definition) is 5. The van der Waals surface area contributed by atoms with Gasteiger partial charge in [0, 0.05) is 16.3 Å². The van der Waals surface area contributed by atoms with Crippen molar-refractivity contribution in [1.82, 2.24) is 4.90 Å². The first-order valence-electron chi connectivity index (χ1n) is 10.3. The maximum Gasteiger partial charge on any atom is 0.293 e. The van der Waals surface area contributed by atoms with Crippen molar-refractivity contribution in [3.05, 3.63) is 97.8 Å². The molecule has 4 rings (SSSR count). The molecule has 1 saturated heterocycles. The SMILES string of the molecule is O=C(COc1ccc(Cl)cc1/C=C1\SC(=O)N(Cc2ccc(Cl)c(Cl)c2)C1=O)Nc1ccccc1. The molecule has 1 N–H and O–H groups in total. The number of carbonyl (C=O) groups excluding carboxylic acids is 3. The van der Waals surface area contributed by atoms with Gasteiger partial charge in [-0.3, -0.25) is 19.3 Å². The Kier molecular flexibility index (Phi) is 8.03.